The Balaban J connectivity index is 1.45. The van der Waals surface area contributed by atoms with Crippen LogP contribution in [0, 0.1) is 17.8 Å². The van der Waals surface area contributed by atoms with Crippen LogP contribution in [0.4, 0.5) is 0 Å². The monoisotopic (exact) mass is 248 g/mol. The zero-order valence-corrected chi connectivity index (χ0v) is 10.6. The first-order valence-electron chi connectivity index (χ1n) is 7.30. The highest BCUT2D eigenvalue weighted by molar-refractivity contribution is 5.06. The van der Waals surface area contributed by atoms with Crippen LogP contribution in [0.25, 0.3) is 0 Å². The van der Waals surface area contributed by atoms with E-state index in [9.17, 15) is 5.11 Å². The first kappa shape index (κ1) is 11.0. The Kier molecular flexibility index (Phi) is 2.47. The van der Waals surface area contributed by atoms with Crippen molar-refractivity contribution in [2.24, 2.45) is 17.8 Å². The van der Waals surface area contributed by atoms with E-state index in [1.807, 2.05) is 0 Å². The molecule has 0 radical (unpaired) electrons. The van der Waals surface area contributed by atoms with E-state index in [2.05, 4.69) is 10.1 Å². The summed E-state index contributed by atoms with van der Waals surface area (Å²) in [5.74, 6) is 4.22. The fourth-order valence-corrected chi connectivity index (χ4v) is 3.89. The lowest BCUT2D eigenvalue weighted by Crippen LogP contribution is -2.13. The molecule has 3 aliphatic rings. The summed E-state index contributed by atoms with van der Waals surface area (Å²) in [5, 5.41) is 14.0. The van der Waals surface area contributed by atoms with Gasteiger partial charge in [0.05, 0.1) is 12.5 Å². The quantitative estimate of drug-likeness (QED) is 0.888. The van der Waals surface area contributed by atoms with Gasteiger partial charge in [0.1, 0.15) is 0 Å². The fourth-order valence-electron chi connectivity index (χ4n) is 3.89. The van der Waals surface area contributed by atoms with Crippen molar-refractivity contribution in [1.82, 2.24) is 10.1 Å². The first-order chi connectivity index (χ1) is 8.79. The number of rotatable bonds is 4. The molecule has 4 heteroatoms. The zero-order chi connectivity index (χ0) is 12.1. The molecule has 0 amide bonds. The minimum Gasteiger partial charge on any atom is -0.392 e. The van der Waals surface area contributed by atoms with Crippen LogP contribution in [0.5, 0.6) is 0 Å². The van der Waals surface area contributed by atoms with E-state index >= 15 is 0 Å². The Morgan fingerprint density at radius 2 is 2.11 bits per heavy atom. The normalized spacial score (nSPS) is 36.2. The minimum absolute atomic E-state index is 0.279. The van der Waals surface area contributed by atoms with Gasteiger partial charge in [0.15, 0.2) is 5.82 Å². The molecule has 0 aromatic carbocycles. The van der Waals surface area contributed by atoms with Gasteiger partial charge >= 0.3 is 0 Å². The summed E-state index contributed by atoms with van der Waals surface area (Å²) in [6.07, 6.45) is 7.89. The third-order valence-electron chi connectivity index (χ3n) is 5.10. The van der Waals surface area contributed by atoms with Gasteiger partial charge < -0.3 is 9.63 Å². The van der Waals surface area contributed by atoms with Crippen LogP contribution >= 0.6 is 0 Å². The highest BCUT2D eigenvalue weighted by Crippen LogP contribution is 2.52. The molecule has 1 N–H and O–H groups in total. The SMILES string of the molecule is OC(Cc1nc(C2CC3CCC2C3)no1)C1CC1. The van der Waals surface area contributed by atoms with Gasteiger partial charge in [0, 0.05) is 5.92 Å². The molecule has 3 aliphatic carbocycles. The Morgan fingerprint density at radius 3 is 2.78 bits per heavy atom. The summed E-state index contributed by atoms with van der Waals surface area (Å²) in [7, 11) is 0. The van der Waals surface area contributed by atoms with Gasteiger partial charge in [-0.1, -0.05) is 11.6 Å². The largest absolute Gasteiger partial charge is 0.392 e. The van der Waals surface area contributed by atoms with E-state index < -0.39 is 0 Å². The smallest absolute Gasteiger partial charge is 0.229 e. The summed E-state index contributed by atoms with van der Waals surface area (Å²) in [6.45, 7) is 0. The van der Waals surface area contributed by atoms with Crippen LogP contribution in [-0.4, -0.2) is 21.4 Å². The van der Waals surface area contributed by atoms with Gasteiger partial charge in [0.25, 0.3) is 0 Å². The van der Waals surface area contributed by atoms with E-state index in [0.717, 1.165) is 30.5 Å². The number of hydrogen-bond acceptors (Lipinski definition) is 4. The van der Waals surface area contributed by atoms with Crippen molar-refractivity contribution < 1.29 is 9.63 Å². The average molecular weight is 248 g/mol. The van der Waals surface area contributed by atoms with Crippen molar-refractivity contribution in [1.29, 1.82) is 0 Å². The molecular formula is C14H20N2O2. The van der Waals surface area contributed by atoms with Gasteiger partial charge in [-0.05, 0) is 49.9 Å². The maximum Gasteiger partial charge on any atom is 0.229 e. The van der Waals surface area contributed by atoms with Gasteiger partial charge in [0.2, 0.25) is 5.89 Å². The number of nitrogens with zero attached hydrogens (tertiary/aromatic N) is 2. The van der Waals surface area contributed by atoms with E-state index in [0.29, 0.717) is 24.1 Å². The lowest BCUT2D eigenvalue weighted by Gasteiger charge is -2.17. The van der Waals surface area contributed by atoms with Gasteiger partial charge in [-0.3, -0.25) is 0 Å². The fraction of sp³-hybridized carbons (Fsp3) is 0.857. The second-order valence-corrected chi connectivity index (χ2v) is 6.44. The van der Waals surface area contributed by atoms with Gasteiger partial charge in [-0.15, -0.1) is 0 Å². The van der Waals surface area contributed by atoms with Crippen molar-refractivity contribution in [3.63, 3.8) is 0 Å². The maximum absolute atomic E-state index is 9.89. The summed E-state index contributed by atoms with van der Waals surface area (Å²) in [4.78, 5) is 4.52. The number of hydrogen-bond donors (Lipinski definition) is 1. The summed E-state index contributed by atoms with van der Waals surface area (Å²) in [5.41, 5.74) is 0. The molecule has 18 heavy (non-hydrogen) atoms. The van der Waals surface area contributed by atoms with E-state index in [-0.39, 0.29) is 6.10 Å². The highest BCUT2D eigenvalue weighted by atomic mass is 16.5. The highest BCUT2D eigenvalue weighted by Gasteiger charge is 2.42. The molecule has 98 valence electrons. The molecule has 3 fully saturated rings. The van der Waals surface area contributed by atoms with Crippen molar-refractivity contribution in [3.05, 3.63) is 11.7 Å². The molecule has 4 atom stereocenters. The molecular weight excluding hydrogens is 228 g/mol. The van der Waals surface area contributed by atoms with Gasteiger partial charge in [-0.2, -0.15) is 4.98 Å². The zero-order valence-electron chi connectivity index (χ0n) is 10.6. The van der Waals surface area contributed by atoms with E-state index in [1.54, 1.807) is 0 Å². The summed E-state index contributed by atoms with van der Waals surface area (Å²) < 4.78 is 5.31. The Labute approximate surface area is 107 Å². The minimum atomic E-state index is -0.279. The Hall–Kier alpha value is -0.900. The predicted molar refractivity (Wildman–Crippen MR) is 64.9 cm³/mol. The molecule has 1 heterocycles. The first-order valence-corrected chi connectivity index (χ1v) is 7.30. The third-order valence-corrected chi connectivity index (χ3v) is 5.10. The number of fused-ring (bicyclic) bond motifs is 2. The van der Waals surface area contributed by atoms with Crippen LogP contribution in [-0.2, 0) is 6.42 Å². The second kappa shape index (κ2) is 4.05. The molecule has 4 rings (SSSR count). The number of aliphatic hydroxyl groups excluding tert-OH is 1. The standard InChI is InChI=1S/C14H20N2O2/c17-12(9-3-4-9)7-13-15-14(16-18-13)11-6-8-1-2-10(11)5-8/h8-12,17H,1-7H2. The van der Waals surface area contributed by atoms with Crippen molar-refractivity contribution in [2.75, 3.05) is 0 Å². The molecule has 0 aliphatic heterocycles. The van der Waals surface area contributed by atoms with Crippen molar-refractivity contribution in [2.45, 2.75) is 57.0 Å². The summed E-state index contributed by atoms with van der Waals surface area (Å²) in [6, 6.07) is 0. The molecule has 1 aromatic rings. The van der Waals surface area contributed by atoms with E-state index in [1.165, 1.54) is 25.7 Å². The topological polar surface area (TPSA) is 59.2 Å². The maximum atomic E-state index is 9.89. The third kappa shape index (κ3) is 1.87. The van der Waals surface area contributed by atoms with Crippen LogP contribution in [0.1, 0.15) is 56.2 Å². The number of aliphatic hydroxyl groups is 1. The van der Waals surface area contributed by atoms with Crippen LogP contribution in [0.2, 0.25) is 0 Å². The Morgan fingerprint density at radius 1 is 1.22 bits per heavy atom. The average Bonchev–Trinajstić information content (AvgIpc) is 2.81. The van der Waals surface area contributed by atoms with E-state index in [4.69, 9.17) is 4.52 Å². The summed E-state index contributed by atoms with van der Waals surface area (Å²) >= 11 is 0. The molecule has 4 nitrogen and oxygen atoms in total. The number of aromatic nitrogens is 2. The molecule has 0 spiro atoms. The molecule has 4 unspecified atom stereocenters. The lowest BCUT2D eigenvalue weighted by atomic mass is 9.88. The lowest BCUT2D eigenvalue weighted by molar-refractivity contribution is 0.140. The second-order valence-electron chi connectivity index (χ2n) is 6.44. The molecule has 2 bridgehead atoms. The molecule has 0 saturated heterocycles. The van der Waals surface area contributed by atoms with Crippen LogP contribution < -0.4 is 0 Å². The van der Waals surface area contributed by atoms with Crippen molar-refractivity contribution in [3.8, 4) is 0 Å². The van der Waals surface area contributed by atoms with Gasteiger partial charge in [-0.25, -0.2) is 0 Å². The van der Waals surface area contributed by atoms with Crippen LogP contribution in [0.3, 0.4) is 0 Å². The Bertz CT molecular complexity index is 441. The van der Waals surface area contributed by atoms with Crippen molar-refractivity contribution >= 4 is 0 Å². The molecule has 1 aromatic heterocycles. The molecule has 3 saturated carbocycles. The predicted octanol–water partition coefficient (Wildman–Crippen LogP) is 2.29. The van der Waals surface area contributed by atoms with Crippen LogP contribution in [0.15, 0.2) is 4.52 Å².